The predicted molar refractivity (Wildman–Crippen MR) is 78.2 cm³/mol. The molecule has 0 heterocycles. The van der Waals surface area contributed by atoms with E-state index in [-0.39, 0.29) is 0 Å². The molecule has 2 rings (SSSR count). The highest BCUT2D eigenvalue weighted by molar-refractivity contribution is 6.41. The number of hydrogen-bond acceptors (Lipinski definition) is 0. The topological polar surface area (TPSA) is 16.6 Å². The van der Waals surface area contributed by atoms with Gasteiger partial charge in [-0.05, 0) is 37.8 Å². The summed E-state index contributed by atoms with van der Waals surface area (Å²) in [4.78, 5) is 0. The Morgan fingerprint density at radius 1 is 0.944 bits per heavy atom. The van der Waals surface area contributed by atoms with Gasteiger partial charge in [-0.25, -0.2) is 0 Å². The van der Waals surface area contributed by atoms with Crippen LogP contribution in [-0.2, 0) is 6.54 Å². The molecule has 0 amide bonds. The second-order valence-electron chi connectivity index (χ2n) is 5.29. The van der Waals surface area contributed by atoms with Crippen molar-refractivity contribution >= 4 is 23.2 Å². The summed E-state index contributed by atoms with van der Waals surface area (Å²) in [5, 5.41) is 3.79. The van der Waals surface area contributed by atoms with Crippen LogP contribution >= 0.6 is 23.2 Å². The Balaban J connectivity index is 1.83. The Morgan fingerprint density at radius 3 is 2.28 bits per heavy atom. The third-order valence-electron chi connectivity index (χ3n) is 3.82. The summed E-state index contributed by atoms with van der Waals surface area (Å²) in [5.41, 5.74) is 1.27. The number of rotatable bonds is 3. The van der Waals surface area contributed by atoms with Gasteiger partial charge in [-0.2, -0.15) is 0 Å². The highest BCUT2D eigenvalue weighted by Crippen LogP contribution is 2.22. The first-order valence-electron chi connectivity index (χ1n) is 7.03. The van der Waals surface area contributed by atoms with E-state index in [1.54, 1.807) is 0 Å². The predicted octanol–water partition coefficient (Wildman–Crippen LogP) is 4.17. The number of benzene rings is 1. The van der Waals surface area contributed by atoms with Crippen LogP contribution in [0.5, 0.6) is 0 Å². The van der Waals surface area contributed by atoms with E-state index in [9.17, 15) is 0 Å². The molecule has 1 aliphatic carbocycles. The summed E-state index contributed by atoms with van der Waals surface area (Å²) in [6.07, 6.45) is 9.77. The standard InChI is InChI=1S/C15H21Cl2N/c16-14-9-8-12(10-15(14)17)11-18-13-6-4-2-1-3-5-7-13/h8-10,13,18H,1-7,11H2/p+1. The number of halogens is 2. The molecule has 3 heteroatoms. The van der Waals surface area contributed by atoms with Gasteiger partial charge in [0.15, 0.2) is 0 Å². The van der Waals surface area contributed by atoms with E-state index in [1.807, 2.05) is 12.1 Å². The summed E-state index contributed by atoms with van der Waals surface area (Å²) >= 11 is 12.0. The van der Waals surface area contributed by atoms with E-state index in [0.29, 0.717) is 10.0 Å². The highest BCUT2D eigenvalue weighted by Gasteiger charge is 2.14. The molecule has 0 aromatic heterocycles. The van der Waals surface area contributed by atoms with Crippen molar-refractivity contribution in [1.29, 1.82) is 0 Å². The van der Waals surface area contributed by atoms with Gasteiger partial charge in [-0.15, -0.1) is 0 Å². The smallest absolute Gasteiger partial charge is 0.101 e. The minimum atomic E-state index is 0.645. The fourth-order valence-electron chi connectivity index (χ4n) is 2.69. The van der Waals surface area contributed by atoms with E-state index >= 15 is 0 Å². The average Bonchev–Trinajstić information content (AvgIpc) is 2.32. The van der Waals surface area contributed by atoms with Gasteiger partial charge in [0.2, 0.25) is 0 Å². The maximum Gasteiger partial charge on any atom is 0.101 e. The summed E-state index contributed by atoms with van der Waals surface area (Å²) < 4.78 is 0. The lowest BCUT2D eigenvalue weighted by atomic mass is 9.96. The molecule has 1 aromatic carbocycles. The van der Waals surface area contributed by atoms with Crippen LogP contribution in [-0.4, -0.2) is 6.04 Å². The van der Waals surface area contributed by atoms with Crippen LogP contribution < -0.4 is 5.32 Å². The second kappa shape index (κ2) is 7.37. The zero-order valence-corrected chi connectivity index (χ0v) is 12.3. The first-order valence-corrected chi connectivity index (χ1v) is 7.78. The molecule has 1 aromatic rings. The third kappa shape index (κ3) is 4.46. The second-order valence-corrected chi connectivity index (χ2v) is 6.11. The number of quaternary nitrogens is 1. The van der Waals surface area contributed by atoms with Crippen molar-refractivity contribution in [3.63, 3.8) is 0 Å². The van der Waals surface area contributed by atoms with Crippen molar-refractivity contribution in [1.82, 2.24) is 0 Å². The van der Waals surface area contributed by atoms with E-state index < -0.39 is 0 Å². The molecule has 2 N–H and O–H groups in total. The van der Waals surface area contributed by atoms with E-state index in [1.165, 1.54) is 50.5 Å². The van der Waals surface area contributed by atoms with Crippen LogP contribution in [0.15, 0.2) is 18.2 Å². The lowest BCUT2D eigenvalue weighted by molar-refractivity contribution is -0.706. The number of hydrogen-bond donors (Lipinski definition) is 1. The van der Waals surface area contributed by atoms with Gasteiger partial charge in [0, 0.05) is 5.56 Å². The Bertz CT molecular complexity index is 371. The minimum Gasteiger partial charge on any atom is -0.340 e. The minimum absolute atomic E-state index is 0.645. The van der Waals surface area contributed by atoms with Gasteiger partial charge < -0.3 is 5.32 Å². The normalized spacial score (nSPS) is 18.3. The lowest BCUT2D eigenvalue weighted by Gasteiger charge is -2.18. The molecule has 18 heavy (non-hydrogen) atoms. The largest absolute Gasteiger partial charge is 0.340 e. The molecule has 100 valence electrons. The maximum absolute atomic E-state index is 6.04. The Hall–Kier alpha value is -0.240. The van der Waals surface area contributed by atoms with Gasteiger partial charge in [0.25, 0.3) is 0 Å². The van der Waals surface area contributed by atoms with Gasteiger partial charge in [0.1, 0.15) is 6.54 Å². The van der Waals surface area contributed by atoms with Gasteiger partial charge in [0.05, 0.1) is 16.1 Å². The van der Waals surface area contributed by atoms with Crippen LogP contribution in [0.25, 0.3) is 0 Å². The monoisotopic (exact) mass is 286 g/mol. The zero-order valence-electron chi connectivity index (χ0n) is 10.8. The van der Waals surface area contributed by atoms with Gasteiger partial charge >= 0.3 is 0 Å². The van der Waals surface area contributed by atoms with Gasteiger partial charge in [-0.3, -0.25) is 0 Å². The van der Waals surface area contributed by atoms with Crippen LogP contribution in [0, 0.1) is 0 Å². The first-order chi connectivity index (χ1) is 8.75. The summed E-state index contributed by atoms with van der Waals surface area (Å²) in [7, 11) is 0. The lowest BCUT2D eigenvalue weighted by Crippen LogP contribution is -2.88. The molecule has 0 bridgehead atoms. The summed E-state index contributed by atoms with van der Waals surface area (Å²) in [6, 6.07) is 6.75. The van der Waals surface area contributed by atoms with Crippen molar-refractivity contribution < 1.29 is 5.32 Å². The molecule has 0 spiro atoms. The highest BCUT2D eigenvalue weighted by atomic mass is 35.5. The van der Waals surface area contributed by atoms with Crippen LogP contribution in [0.1, 0.15) is 50.5 Å². The van der Waals surface area contributed by atoms with Crippen molar-refractivity contribution in [2.24, 2.45) is 0 Å². The quantitative estimate of drug-likeness (QED) is 0.859. The Labute approximate surface area is 120 Å². The molecule has 1 fully saturated rings. The molecule has 0 aliphatic heterocycles. The summed E-state index contributed by atoms with van der Waals surface area (Å²) in [6.45, 7) is 1.02. The summed E-state index contributed by atoms with van der Waals surface area (Å²) in [5.74, 6) is 0. The van der Waals surface area contributed by atoms with Crippen LogP contribution in [0.4, 0.5) is 0 Å². The third-order valence-corrected chi connectivity index (χ3v) is 4.56. The molecule has 1 aliphatic rings. The van der Waals surface area contributed by atoms with E-state index in [2.05, 4.69) is 11.4 Å². The molecule has 0 unspecified atom stereocenters. The molecule has 0 atom stereocenters. The van der Waals surface area contributed by atoms with Gasteiger partial charge in [-0.1, -0.05) is 48.5 Å². The molecule has 0 saturated heterocycles. The van der Waals surface area contributed by atoms with Crippen LogP contribution in [0.2, 0.25) is 10.0 Å². The van der Waals surface area contributed by atoms with Crippen molar-refractivity contribution in [2.75, 3.05) is 0 Å². The molecule has 0 radical (unpaired) electrons. The van der Waals surface area contributed by atoms with E-state index in [0.717, 1.165) is 12.6 Å². The maximum atomic E-state index is 6.04. The van der Waals surface area contributed by atoms with Crippen molar-refractivity contribution in [3.05, 3.63) is 33.8 Å². The fraction of sp³-hybridized carbons (Fsp3) is 0.600. The van der Waals surface area contributed by atoms with Crippen LogP contribution in [0.3, 0.4) is 0 Å². The van der Waals surface area contributed by atoms with Crippen molar-refractivity contribution in [3.8, 4) is 0 Å². The Morgan fingerprint density at radius 2 is 1.61 bits per heavy atom. The van der Waals surface area contributed by atoms with Crippen molar-refractivity contribution in [2.45, 2.75) is 57.5 Å². The first kappa shape index (κ1) is 14.2. The molecular formula is C15H22Cl2N+. The molecule has 1 saturated carbocycles. The van der Waals surface area contributed by atoms with E-state index in [4.69, 9.17) is 23.2 Å². The average molecular weight is 287 g/mol. The zero-order chi connectivity index (χ0) is 12.8. The Kier molecular flexibility index (Phi) is 5.81. The number of nitrogens with two attached hydrogens (primary N) is 1. The molecule has 1 nitrogen and oxygen atoms in total. The molecular weight excluding hydrogens is 265 g/mol. The fourth-order valence-corrected chi connectivity index (χ4v) is 3.01. The SMILES string of the molecule is Clc1ccc(C[NH2+]C2CCCCCCC2)cc1Cl.